The fourth-order valence-electron chi connectivity index (χ4n) is 3.19. The standard InChI is InChI=1S/C23H31N2O5P/c1-3-29-31(28,30-4-2)17-19-13-15-20(16-14-19)23(27)25-21(22(24)26)12-8-11-18-9-6-5-7-10-18/h5-7,9-10,13-16,21H,3-4,8,11-12,17H2,1-2H3,(H2,24,26)(H,25,27)/t21-/m0/s1. The lowest BCUT2D eigenvalue weighted by atomic mass is 10.0. The largest absolute Gasteiger partial charge is 0.368 e. The van der Waals surface area contributed by atoms with Crippen LogP contribution in [0.5, 0.6) is 0 Å². The fourth-order valence-corrected chi connectivity index (χ4v) is 4.89. The first kappa shape index (κ1) is 24.8. The van der Waals surface area contributed by atoms with Crippen LogP contribution in [0.4, 0.5) is 0 Å². The number of carbonyl (C=O) groups excluding carboxylic acids is 2. The van der Waals surface area contributed by atoms with Crippen LogP contribution in [0.2, 0.25) is 0 Å². The Morgan fingerprint density at radius 1 is 0.968 bits per heavy atom. The molecule has 0 radical (unpaired) electrons. The van der Waals surface area contributed by atoms with Crippen molar-refractivity contribution in [2.45, 2.75) is 45.3 Å². The molecule has 0 fully saturated rings. The van der Waals surface area contributed by atoms with Gasteiger partial charge < -0.3 is 20.1 Å². The summed E-state index contributed by atoms with van der Waals surface area (Å²) in [5.41, 5.74) is 7.77. The number of carbonyl (C=O) groups is 2. The molecule has 0 aromatic heterocycles. The van der Waals surface area contributed by atoms with Crippen LogP contribution in [0.1, 0.15) is 48.2 Å². The molecule has 0 unspecified atom stereocenters. The Hall–Kier alpha value is -2.47. The topological polar surface area (TPSA) is 108 Å². The van der Waals surface area contributed by atoms with Crippen molar-refractivity contribution in [1.29, 1.82) is 0 Å². The van der Waals surface area contributed by atoms with Gasteiger partial charge in [0.2, 0.25) is 5.91 Å². The van der Waals surface area contributed by atoms with Gasteiger partial charge in [0, 0.05) is 5.56 Å². The lowest BCUT2D eigenvalue weighted by Crippen LogP contribution is -2.44. The normalized spacial score (nSPS) is 12.3. The number of nitrogens with one attached hydrogen (secondary N) is 1. The highest BCUT2D eigenvalue weighted by Crippen LogP contribution is 2.51. The molecule has 0 heterocycles. The quantitative estimate of drug-likeness (QED) is 0.451. The summed E-state index contributed by atoms with van der Waals surface area (Å²) in [6, 6.07) is 15.8. The Kier molecular flexibility index (Phi) is 9.92. The summed E-state index contributed by atoms with van der Waals surface area (Å²) in [4.78, 5) is 24.4. The Morgan fingerprint density at radius 3 is 2.13 bits per heavy atom. The molecule has 2 rings (SSSR count). The zero-order valence-electron chi connectivity index (χ0n) is 18.1. The van der Waals surface area contributed by atoms with Crippen LogP contribution in [0, 0.1) is 0 Å². The Bertz CT molecular complexity index is 877. The molecule has 2 amide bonds. The molecule has 0 aliphatic heterocycles. The van der Waals surface area contributed by atoms with Crippen molar-refractivity contribution in [1.82, 2.24) is 5.32 Å². The second-order valence-electron chi connectivity index (χ2n) is 7.11. The lowest BCUT2D eigenvalue weighted by Gasteiger charge is -2.17. The Morgan fingerprint density at radius 2 is 1.58 bits per heavy atom. The summed E-state index contributed by atoms with van der Waals surface area (Å²) in [7, 11) is -3.22. The van der Waals surface area contributed by atoms with E-state index in [1.165, 1.54) is 5.56 Å². The van der Waals surface area contributed by atoms with E-state index in [0.717, 1.165) is 18.4 Å². The lowest BCUT2D eigenvalue weighted by molar-refractivity contribution is -0.120. The summed E-state index contributed by atoms with van der Waals surface area (Å²) in [5.74, 6) is -0.944. The number of hydrogen-bond donors (Lipinski definition) is 2. The molecule has 0 saturated heterocycles. The van der Waals surface area contributed by atoms with E-state index in [1.807, 2.05) is 30.3 Å². The molecule has 2 aromatic rings. The van der Waals surface area contributed by atoms with Crippen molar-refractivity contribution >= 4 is 19.4 Å². The summed E-state index contributed by atoms with van der Waals surface area (Å²) in [6.45, 7) is 4.09. The highest BCUT2D eigenvalue weighted by molar-refractivity contribution is 7.53. The van der Waals surface area contributed by atoms with Gasteiger partial charge in [-0.25, -0.2) is 0 Å². The summed E-state index contributed by atoms with van der Waals surface area (Å²) in [6.07, 6.45) is 2.11. The molecule has 168 valence electrons. The highest BCUT2D eigenvalue weighted by atomic mass is 31.2. The van der Waals surface area contributed by atoms with Crippen LogP contribution in [0.15, 0.2) is 54.6 Å². The summed E-state index contributed by atoms with van der Waals surface area (Å²) >= 11 is 0. The van der Waals surface area contributed by atoms with Gasteiger partial charge in [0.1, 0.15) is 6.04 Å². The van der Waals surface area contributed by atoms with Gasteiger partial charge in [-0.2, -0.15) is 0 Å². The molecule has 0 aliphatic carbocycles. The van der Waals surface area contributed by atoms with Gasteiger partial charge in [-0.15, -0.1) is 0 Å². The van der Waals surface area contributed by atoms with Crippen LogP contribution >= 0.6 is 7.60 Å². The van der Waals surface area contributed by atoms with Gasteiger partial charge in [-0.3, -0.25) is 14.2 Å². The summed E-state index contributed by atoms with van der Waals surface area (Å²) < 4.78 is 23.3. The minimum Gasteiger partial charge on any atom is -0.368 e. The van der Waals surface area contributed by atoms with Gasteiger partial charge in [0.25, 0.3) is 5.91 Å². The van der Waals surface area contributed by atoms with Gasteiger partial charge >= 0.3 is 7.60 Å². The number of amides is 2. The highest BCUT2D eigenvalue weighted by Gasteiger charge is 2.24. The zero-order chi connectivity index (χ0) is 22.7. The SMILES string of the molecule is CCOP(=O)(Cc1ccc(C(=O)N[C@@H](CCCc2ccccc2)C(N)=O)cc1)OCC. The van der Waals surface area contributed by atoms with Crippen molar-refractivity contribution in [3.63, 3.8) is 0 Å². The number of nitrogens with two attached hydrogens (primary N) is 1. The second kappa shape index (κ2) is 12.4. The van der Waals surface area contributed by atoms with Gasteiger partial charge in [0.15, 0.2) is 0 Å². The molecular weight excluding hydrogens is 415 g/mol. The van der Waals surface area contributed by atoms with Crippen molar-refractivity contribution < 1.29 is 23.2 Å². The third-order valence-corrected chi connectivity index (χ3v) is 6.75. The molecule has 0 spiro atoms. The summed E-state index contributed by atoms with van der Waals surface area (Å²) in [5, 5.41) is 2.71. The first-order valence-corrected chi connectivity index (χ1v) is 12.2. The molecule has 2 aromatic carbocycles. The minimum absolute atomic E-state index is 0.125. The van der Waals surface area contributed by atoms with E-state index in [9.17, 15) is 14.2 Å². The molecule has 0 bridgehead atoms. The number of rotatable bonds is 13. The number of hydrogen-bond acceptors (Lipinski definition) is 5. The van der Waals surface area contributed by atoms with Gasteiger partial charge in [-0.05, 0) is 56.4 Å². The number of aryl methyl sites for hydroxylation is 1. The van der Waals surface area contributed by atoms with Crippen LogP contribution < -0.4 is 11.1 Å². The molecule has 3 N–H and O–H groups in total. The van der Waals surface area contributed by atoms with Crippen LogP contribution in [0.3, 0.4) is 0 Å². The Balaban J connectivity index is 1.94. The number of primary amides is 1. The van der Waals surface area contributed by atoms with E-state index in [-0.39, 0.29) is 25.3 Å². The zero-order valence-corrected chi connectivity index (χ0v) is 19.0. The predicted molar refractivity (Wildman–Crippen MR) is 121 cm³/mol. The molecular formula is C23H31N2O5P. The van der Waals surface area contributed by atoms with E-state index in [4.69, 9.17) is 14.8 Å². The van der Waals surface area contributed by atoms with Gasteiger partial charge in [0.05, 0.1) is 19.4 Å². The fraction of sp³-hybridized carbons (Fsp3) is 0.391. The predicted octanol–water partition coefficient (Wildman–Crippen LogP) is 4.06. The van der Waals surface area contributed by atoms with Gasteiger partial charge in [-0.1, -0.05) is 42.5 Å². The van der Waals surface area contributed by atoms with E-state index < -0.39 is 19.5 Å². The smallest absolute Gasteiger partial charge is 0.335 e. The second-order valence-corrected chi connectivity index (χ2v) is 9.16. The molecule has 7 nitrogen and oxygen atoms in total. The molecule has 0 aliphatic rings. The van der Waals surface area contributed by atoms with Crippen LogP contribution in [-0.4, -0.2) is 31.1 Å². The average Bonchev–Trinajstić information content (AvgIpc) is 2.74. The van der Waals surface area contributed by atoms with Crippen molar-refractivity contribution in [2.24, 2.45) is 5.73 Å². The van der Waals surface area contributed by atoms with Crippen LogP contribution in [0.25, 0.3) is 0 Å². The van der Waals surface area contributed by atoms with Crippen molar-refractivity contribution in [2.75, 3.05) is 13.2 Å². The maximum Gasteiger partial charge on any atom is 0.335 e. The number of benzene rings is 2. The third-order valence-electron chi connectivity index (χ3n) is 4.69. The average molecular weight is 446 g/mol. The molecule has 1 atom stereocenters. The monoisotopic (exact) mass is 446 g/mol. The first-order valence-electron chi connectivity index (χ1n) is 10.5. The molecule has 31 heavy (non-hydrogen) atoms. The maximum absolute atomic E-state index is 12.6. The Labute approximate surface area is 183 Å². The third kappa shape index (κ3) is 8.29. The minimum atomic E-state index is -3.22. The van der Waals surface area contributed by atoms with Crippen LogP contribution in [-0.2, 0) is 31.0 Å². The van der Waals surface area contributed by atoms with E-state index in [1.54, 1.807) is 38.1 Å². The van der Waals surface area contributed by atoms with E-state index >= 15 is 0 Å². The van der Waals surface area contributed by atoms with E-state index in [0.29, 0.717) is 12.0 Å². The van der Waals surface area contributed by atoms with Crippen molar-refractivity contribution in [3.05, 3.63) is 71.3 Å². The first-order chi connectivity index (χ1) is 14.9. The molecule has 8 heteroatoms. The molecule has 0 saturated carbocycles. The van der Waals surface area contributed by atoms with Crippen molar-refractivity contribution in [3.8, 4) is 0 Å². The maximum atomic E-state index is 12.6. The van der Waals surface area contributed by atoms with E-state index in [2.05, 4.69) is 5.32 Å².